The third-order valence-corrected chi connectivity index (χ3v) is 0. The Hall–Kier alpha value is -0.590. The van der Waals surface area contributed by atoms with Crippen molar-refractivity contribution < 1.29 is 0 Å². The van der Waals surface area contributed by atoms with Crippen molar-refractivity contribution in [2.45, 2.75) is 20.8 Å². The quantitative estimate of drug-likeness (QED) is 0.358. The van der Waals surface area contributed by atoms with Gasteiger partial charge < -0.3 is 5.41 Å². The molecule has 1 N–H and O–H groups in total. The summed E-state index contributed by atoms with van der Waals surface area (Å²) in [7, 11) is 0. The molecule has 0 atom stereocenters. The first-order chi connectivity index (χ1) is 3.41. The summed E-state index contributed by atoms with van der Waals surface area (Å²) in [6.45, 7) is 11.8. The highest BCUT2D eigenvalue weighted by molar-refractivity contribution is 5.15. The van der Waals surface area contributed by atoms with Gasteiger partial charge >= 0.3 is 0 Å². The molecular weight excluding hydrogens is 86.1 g/mol. The van der Waals surface area contributed by atoms with Crippen molar-refractivity contribution in [3.8, 4) is 0 Å². The molecule has 0 radical (unpaired) electrons. The van der Waals surface area contributed by atoms with Crippen LogP contribution in [0.25, 0.3) is 0 Å². The Balaban J connectivity index is -0.0000000360. The third-order valence-electron chi connectivity index (χ3n) is 0. The minimum absolute atomic E-state index is 1.75. The van der Waals surface area contributed by atoms with E-state index in [-0.39, 0.29) is 0 Å². The maximum Gasteiger partial charge on any atom is -0.0187 e. The van der Waals surface area contributed by atoms with E-state index in [0.717, 1.165) is 0 Å². The Morgan fingerprint density at radius 2 is 1.29 bits per heavy atom. The standard InChI is InChI=1S/C3H6.C2H6.CH3N/c1-3-2;2*1-2/h3H,1H2,2H3;1-2H3;2H,1H2. The van der Waals surface area contributed by atoms with E-state index in [2.05, 4.69) is 13.3 Å². The van der Waals surface area contributed by atoms with E-state index in [1.165, 1.54) is 0 Å². The highest BCUT2D eigenvalue weighted by atomic mass is 14.2. The summed E-state index contributed by atoms with van der Waals surface area (Å²) in [5.74, 6) is 0. The molecule has 0 aliphatic carbocycles. The van der Waals surface area contributed by atoms with Crippen LogP contribution < -0.4 is 0 Å². The Morgan fingerprint density at radius 3 is 1.29 bits per heavy atom. The summed E-state index contributed by atoms with van der Waals surface area (Å²) in [6, 6.07) is 0. The van der Waals surface area contributed by atoms with Crippen LogP contribution in [0.5, 0.6) is 0 Å². The smallest absolute Gasteiger partial charge is 0.0187 e. The molecule has 0 spiro atoms. The van der Waals surface area contributed by atoms with Gasteiger partial charge in [-0.1, -0.05) is 19.9 Å². The van der Waals surface area contributed by atoms with Gasteiger partial charge in [-0.2, -0.15) is 0 Å². The van der Waals surface area contributed by atoms with Crippen LogP contribution in [-0.2, 0) is 0 Å². The highest BCUT2D eigenvalue weighted by Gasteiger charge is 1.15. The fraction of sp³-hybridized carbons (Fsp3) is 0.500. The Kier molecular flexibility index (Phi) is 1440. The van der Waals surface area contributed by atoms with Crippen LogP contribution in [0.2, 0.25) is 0 Å². The number of hydrogen-bond acceptors (Lipinski definition) is 1. The predicted octanol–water partition coefficient (Wildman–Crippen LogP) is 2.48. The van der Waals surface area contributed by atoms with Gasteiger partial charge in [-0.15, -0.1) is 6.58 Å². The van der Waals surface area contributed by atoms with Crippen molar-refractivity contribution in [2.75, 3.05) is 0 Å². The van der Waals surface area contributed by atoms with Gasteiger partial charge in [0.05, 0.1) is 0 Å². The van der Waals surface area contributed by atoms with Crippen LogP contribution in [0, 0.1) is 5.41 Å². The number of allylic oxidation sites excluding steroid dienone is 1. The monoisotopic (exact) mass is 101 g/mol. The summed E-state index contributed by atoms with van der Waals surface area (Å²) in [5.41, 5.74) is 0. The molecular formula is C6H15N. The van der Waals surface area contributed by atoms with Gasteiger partial charge in [0.2, 0.25) is 0 Å². The van der Waals surface area contributed by atoms with Gasteiger partial charge in [-0.3, -0.25) is 0 Å². The number of rotatable bonds is 0. The minimum Gasteiger partial charge on any atom is -0.317 e. The van der Waals surface area contributed by atoms with Crippen LogP contribution >= 0.6 is 0 Å². The average molecular weight is 101 g/mol. The molecule has 44 valence electrons. The van der Waals surface area contributed by atoms with Crippen LogP contribution in [-0.4, -0.2) is 6.72 Å². The first kappa shape index (κ1) is 16.1. The molecule has 0 bridgehead atoms. The van der Waals surface area contributed by atoms with Crippen LogP contribution in [0.4, 0.5) is 0 Å². The van der Waals surface area contributed by atoms with E-state index in [9.17, 15) is 0 Å². The van der Waals surface area contributed by atoms with Crippen molar-refractivity contribution in [1.29, 1.82) is 5.41 Å². The van der Waals surface area contributed by atoms with Crippen LogP contribution in [0.15, 0.2) is 12.7 Å². The summed E-state index contributed by atoms with van der Waals surface area (Å²) in [6.07, 6.45) is 1.75. The summed E-state index contributed by atoms with van der Waals surface area (Å²) >= 11 is 0. The van der Waals surface area contributed by atoms with E-state index >= 15 is 0 Å². The van der Waals surface area contributed by atoms with E-state index in [1.54, 1.807) is 6.08 Å². The second-order valence-corrected chi connectivity index (χ2v) is 0.408. The molecule has 0 aromatic rings. The summed E-state index contributed by atoms with van der Waals surface area (Å²) in [4.78, 5) is 0. The highest BCUT2D eigenvalue weighted by Crippen LogP contribution is 1.38. The van der Waals surface area contributed by atoms with Gasteiger partial charge in [0.25, 0.3) is 0 Å². The average Bonchev–Trinajstić information content (AvgIpc) is 1.78. The molecule has 0 heterocycles. The first-order valence-corrected chi connectivity index (χ1v) is 2.34. The number of nitrogens with one attached hydrogen (secondary N) is 1. The van der Waals surface area contributed by atoms with Gasteiger partial charge in [-0.05, 0) is 13.6 Å². The van der Waals surface area contributed by atoms with Crippen molar-refractivity contribution in [2.24, 2.45) is 0 Å². The van der Waals surface area contributed by atoms with Crippen molar-refractivity contribution >= 4 is 6.72 Å². The lowest BCUT2D eigenvalue weighted by Gasteiger charge is -1.31. The maximum atomic E-state index is 5.50. The predicted molar refractivity (Wildman–Crippen MR) is 37.1 cm³/mol. The Bertz CT molecular complexity index is 18.1. The topological polar surface area (TPSA) is 23.9 Å². The molecule has 0 aromatic heterocycles. The van der Waals surface area contributed by atoms with Gasteiger partial charge in [0.15, 0.2) is 0 Å². The zero-order valence-electron chi connectivity index (χ0n) is 5.49. The minimum atomic E-state index is 1.75. The summed E-state index contributed by atoms with van der Waals surface area (Å²) in [5, 5.41) is 5.50. The van der Waals surface area contributed by atoms with Crippen molar-refractivity contribution in [1.82, 2.24) is 0 Å². The summed E-state index contributed by atoms with van der Waals surface area (Å²) < 4.78 is 0. The SMILES string of the molecule is C=CC.C=N.CC. The van der Waals surface area contributed by atoms with Crippen molar-refractivity contribution in [3.63, 3.8) is 0 Å². The zero-order valence-corrected chi connectivity index (χ0v) is 5.49. The molecule has 0 aliphatic rings. The van der Waals surface area contributed by atoms with Crippen LogP contribution in [0.3, 0.4) is 0 Å². The molecule has 0 fully saturated rings. The second-order valence-electron chi connectivity index (χ2n) is 0.408. The van der Waals surface area contributed by atoms with Crippen molar-refractivity contribution in [3.05, 3.63) is 12.7 Å². The van der Waals surface area contributed by atoms with E-state index < -0.39 is 0 Å². The molecule has 0 saturated heterocycles. The second kappa shape index (κ2) is 626. The molecule has 0 rings (SSSR count). The lowest BCUT2D eigenvalue weighted by Crippen LogP contribution is -1.07. The fourth-order valence-electron chi connectivity index (χ4n) is 0. The lowest BCUT2D eigenvalue weighted by atomic mass is 10.8. The maximum absolute atomic E-state index is 5.50. The zero-order chi connectivity index (χ0) is 6.71. The largest absolute Gasteiger partial charge is 0.317 e. The van der Waals surface area contributed by atoms with Gasteiger partial charge in [-0.25, -0.2) is 0 Å². The van der Waals surface area contributed by atoms with E-state index in [1.807, 2.05) is 20.8 Å². The molecule has 0 unspecified atom stereocenters. The van der Waals surface area contributed by atoms with E-state index in [4.69, 9.17) is 5.41 Å². The molecule has 0 amide bonds. The Morgan fingerprint density at radius 1 is 1.29 bits per heavy atom. The van der Waals surface area contributed by atoms with E-state index in [0.29, 0.717) is 0 Å². The number of hydrogen-bond donors (Lipinski definition) is 1. The molecule has 1 heteroatoms. The molecule has 0 aromatic carbocycles. The Labute approximate surface area is 46.6 Å². The fourth-order valence-corrected chi connectivity index (χ4v) is 0. The first-order valence-electron chi connectivity index (χ1n) is 2.34. The third kappa shape index (κ3) is 181. The van der Waals surface area contributed by atoms with Gasteiger partial charge in [0.1, 0.15) is 0 Å². The molecule has 0 aliphatic heterocycles. The van der Waals surface area contributed by atoms with Crippen LogP contribution in [0.1, 0.15) is 20.8 Å². The lowest BCUT2D eigenvalue weighted by molar-refractivity contribution is 1.50. The molecule has 7 heavy (non-hydrogen) atoms. The molecule has 0 saturated carbocycles. The van der Waals surface area contributed by atoms with Gasteiger partial charge in [0, 0.05) is 0 Å². The molecule has 1 nitrogen and oxygen atoms in total. The normalized spacial score (nSPS) is 3.29.